The fourth-order valence-electron chi connectivity index (χ4n) is 3.86. The molecule has 1 aromatic heterocycles. The van der Waals surface area contributed by atoms with Crippen LogP contribution in [0, 0.1) is 5.92 Å². The molecule has 0 aromatic carbocycles. The number of hydrogen-bond acceptors (Lipinski definition) is 6. The lowest BCUT2D eigenvalue weighted by molar-refractivity contribution is -0.134. The smallest absolute Gasteiger partial charge is 0.223 e. The monoisotopic (exact) mass is 380 g/mol. The molecule has 3 rings (SSSR count). The Morgan fingerprint density at radius 2 is 2.15 bits per heavy atom. The summed E-state index contributed by atoms with van der Waals surface area (Å²) >= 11 is 0. The van der Waals surface area contributed by atoms with Crippen LogP contribution in [0.1, 0.15) is 51.1 Å². The number of nitrogens with one attached hydrogen (secondary N) is 1. The summed E-state index contributed by atoms with van der Waals surface area (Å²) in [5.74, 6) is 0.0790. The molecule has 27 heavy (non-hydrogen) atoms. The van der Waals surface area contributed by atoms with Crippen molar-refractivity contribution in [3.63, 3.8) is 0 Å². The molecule has 0 aliphatic carbocycles. The van der Waals surface area contributed by atoms with E-state index in [0.717, 1.165) is 57.2 Å². The molecule has 0 radical (unpaired) electrons. The molecule has 0 unspecified atom stereocenters. The van der Waals surface area contributed by atoms with Crippen LogP contribution in [-0.4, -0.2) is 64.1 Å². The summed E-state index contributed by atoms with van der Waals surface area (Å²) < 4.78 is 13.2. The van der Waals surface area contributed by atoms with Crippen LogP contribution in [-0.2, 0) is 27.2 Å². The van der Waals surface area contributed by atoms with Gasteiger partial charge in [0.2, 0.25) is 5.91 Å². The molecule has 0 spiro atoms. The van der Waals surface area contributed by atoms with E-state index >= 15 is 0 Å². The largest absolute Gasteiger partial charge is 0.394 e. The first-order chi connectivity index (χ1) is 13.2. The predicted octanol–water partition coefficient (Wildman–Crippen LogP) is 1.07. The molecule has 8 heteroatoms. The summed E-state index contributed by atoms with van der Waals surface area (Å²) in [6.07, 6.45) is 7.77. The van der Waals surface area contributed by atoms with Gasteiger partial charge >= 0.3 is 0 Å². The maximum absolute atomic E-state index is 12.5. The Bertz CT molecular complexity index is 588. The number of ether oxygens (including phenoxy) is 2. The van der Waals surface area contributed by atoms with Crippen LogP contribution in [0.4, 0.5) is 0 Å². The van der Waals surface area contributed by atoms with Gasteiger partial charge in [0.15, 0.2) is 0 Å². The third-order valence-corrected chi connectivity index (χ3v) is 5.49. The molecule has 2 fully saturated rings. The molecular weight excluding hydrogens is 348 g/mol. The molecule has 1 amide bonds. The third-order valence-electron chi connectivity index (χ3n) is 5.49. The maximum Gasteiger partial charge on any atom is 0.223 e. The van der Waals surface area contributed by atoms with Crippen molar-refractivity contribution in [2.45, 2.75) is 76.7 Å². The second-order valence-corrected chi connectivity index (χ2v) is 7.57. The highest BCUT2D eigenvalue weighted by Crippen LogP contribution is 2.23. The van der Waals surface area contributed by atoms with Crippen molar-refractivity contribution in [1.82, 2.24) is 20.3 Å². The summed E-state index contributed by atoms with van der Waals surface area (Å²) in [5.41, 5.74) is 1.02. The Kier molecular flexibility index (Phi) is 7.60. The Hall–Kier alpha value is -1.51. The minimum Gasteiger partial charge on any atom is -0.394 e. The molecule has 2 saturated heterocycles. The van der Waals surface area contributed by atoms with E-state index < -0.39 is 0 Å². The number of aromatic nitrogens is 3. The molecule has 152 valence electrons. The molecule has 3 atom stereocenters. The molecule has 2 N–H and O–H groups in total. The topological polar surface area (TPSA) is 98.5 Å². The second kappa shape index (κ2) is 10.1. The molecular formula is C19H32N4O4. The zero-order chi connectivity index (χ0) is 19.1. The molecule has 1 aromatic rings. The summed E-state index contributed by atoms with van der Waals surface area (Å²) in [6, 6.07) is -0.121. The predicted molar refractivity (Wildman–Crippen MR) is 99.1 cm³/mol. The Morgan fingerprint density at radius 1 is 1.33 bits per heavy atom. The van der Waals surface area contributed by atoms with E-state index in [9.17, 15) is 9.90 Å². The number of aliphatic hydroxyl groups is 1. The van der Waals surface area contributed by atoms with Crippen LogP contribution in [0.25, 0.3) is 0 Å². The van der Waals surface area contributed by atoms with Gasteiger partial charge in [-0.1, -0.05) is 18.6 Å². The minimum atomic E-state index is -0.348. The number of aryl methyl sites for hydroxylation is 2. The first-order valence-corrected chi connectivity index (χ1v) is 10.2. The highest BCUT2D eigenvalue weighted by molar-refractivity contribution is 5.79. The van der Waals surface area contributed by atoms with Crippen LogP contribution >= 0.6 is 0 Å². The average Bonchev–Trinajstić information content (AvgIpc) is 3.15. The van der Waals surface area contributed by atoms with Gasteiger partial charge in [0.1, 0.15) is 6.10 Å². The van der Waals surface area contributed by atoms with Gasteiger partial charge in [-0.15, -0.1) is 5.10 Å². The highest BCUT2D eigenvalue weighted by atomic mass is 16.5. The first-order valence-electron chi connectivity index (χ1n) is 10.2. The number of carbonyl (C=O) groups excluding carboxylic acids is 1. The number of amides is 1. The fraction of sp³-hybridized carbons (Fsp3) is 0.842. The number of aliphatic hydroxyl groups excluding tert-OH is 1. The van der Waals surface area contributed by atoms with E-state index in [-0.39, 0.29) is 36.7 Å². The van der Waals surface area contributed by atoms with E-state index in [2.05, 4.69) is 22.6 Å². The van der Waals surface area contributed by atoms with E-state index in [1.807, 2.05) is 10.9 Å². The summed E-state index contributed by atoms with van der Waals surface area (Å²) in [4.78, 5) is 12.5. The van der Waals surface area contributed by atoms with Crippen molar-refractivity contribution >= 4 is 5.91 Å². The Labute approximate surface area is 160 Å². The Balaban J connectivity index is 1.44. The number of rotatable bonds is 8. The van der Waals surface area contributed by atoms with Crippen LogP contribution in [0.3, 0.4) is 0 Å². The minimum absolute atomic E-state index is 0.0143. The molecule has 2 aliphatic heterocycles. The first kappa shape index (κ1) is 20.2. The molecule has 2 aliphatic rings. The lowest BCUT2D eigenvalue weighted by Crippen LogP contribution is -2.52. The molecule has 0 bridgehead atoms. The van der Waals surface area contributed by atoms with Crippen molar-refractivity contribution in [2.24, 2.45) is 5.92 Å². The number of hydrogen-bond donors (Lipinski definition) is 2. The molecule has 0 saturated carbocycles. The van der Waals surface area contributed by atoms with Crippen LogP contribution in [0.15, 0.2) is 6.20 Å². The summed E-state index contributed by atoms with van der Waals surface area (Å²) in [5, 5.41) is 21.1. The van der Waals surface area contributed by atoms with Crippen molar-refractivity contribution in [3.05, 3.63) is 11.9 Å². The van der Waals surface area contributed by atoms with E-state index in [0.29, 0.717) is 13.2 Å². The highest BCUT2D eigenvalue weighted by Gasteiger charge is 2.33. The van der Waals surface area contributed by atoms with Gasteiger partial charge in [-0.2, -0.15) is 0 Å². The van der Waals surface area contributed by atoms with Crippen LogP contribution in [0.2, 0.25) is 0 Å². The number of carbonyl (C=O) groups is 1. The summed E-state index contributed by atoms with van der Waals surface area (Å²) in [6.45, 7) is 4.08. The van der Waals surface area contributed by atoms with Crippen molar-refractivity contribution in [2.75, 3.05) is 19.8 Å². The second-order valence-electron chi connectivity index (χ2n) is 7.57. The van der Waals surface area contributed by atoms with Crippen molar-refractivity contribution in [3.8, 4) is 0 Å². The maximum atomic E-state index is 12.5. The van der Waals surface area contributed by atoms with Crippen molar-refractivity contribution in [1.29, 1.82) is 0 Å². The van der Waals surface area contributed by atoms with Gasteiger partial charge < -0.3 is 19.9 Å². The average molecular weight is 380 g/mol. The Morgan fingerprint density at radius 3 is 2.89 bits per heavy atom. The normalized spacial score (nSPS) is 26.8. The molecule has 8 nitrogen and oxygen atoms in total. The van der Waals surface area contributed by atoms with Crippen LogP contribution < -0.4 is 5.32 Å². The van der Waals surface area contributed by atoms with Gasteiger partial charge in [-0.05, 0) is 38.5 Å². The van der Waals surface area contributed by atoms with Gasteiger partial charge in [-0.25, -0.2) is 0 Å². The number of nitrogens with zero attached hydrogens (tertiary/aromatic N) is 3. The van der Waals surface area contributed by atoms with Crippen LogP contribution in [0.5, 0.6) is 0 Å². The fourth-order valence-corrected chi connectivity index (χ4v) is 3.86. The zero-order valence-corrected chi connectivity index (χ0v) is 16.2. The van der Waals surface area contributed by atoms with Gasteiger partial charge in [-0.3, -0.25) is 9.48 Å². The summed E-state index contributed by atoms with van der Waals surface area (Å²) in [7, 11) is 0. The quantitative estimate of drug-likeness (QED) is 0.700. The van der Waals surface area contributed by atoms with E-state index in [1.54, 1.807) is 0 Å². The van der Waals surface area contributed by atoms with E-state index in [4.69, 9.17) is 9.47 Å². The van der Waals surface area contributed by atoms with Gasteiger partial charge in [0, 0.05) is 31.9 Å². The third kappa shape index (κ3) is 5.73. The lowest BCUT2D eigenvalue weighted by Gasteiger charge is -2.37. The van der Waals surface area contributed by atoms with Gasteiger partial charge in [0.05, 0.1) is 24.4 Å². The standard InChI is InChI=1S/C19H32N4O4/c1-2-3-15-12-23(22-21-15)9-6-16-4-5-17(18(13-24)27-16)20-19(25)14-7-10-26-11-8-14/h12,14,16-18,24H,2-11,13H2,1H3,(H,20,25)/t16-,17-,18+/m0/s1. The molecule has 3 heterocycles. The van der Waals surface area contributed by atoms with Gasteiger partial charge in [0.25, 0.3) is 0 Å². The zero-order valence-electron chi connectivity index (χ0n) is 16.2. The van der Waals surface area contributed by atoms with E-state index in [1.165, 1.54) is 0 Å². The van der Waals surface area contributed by atoms with Crippen molar-refractivity contribution < 1.29 is 19.4 Å². The SMILES string of the molecule is CCCc1cn(CC[C@@H]2CC[C@H](NC(=O)C3CCOCC3)[C@@H](CO)O2)nn1. The lowest BCUT2D eigenvalue weighted by atomic mass is 9.94.